The van der Waals surface area contributed by atoms with Gasteiger partial charge >= 0.3 is 0 Å². The van der Waals surface area contributed by atoms with Crippen molar-refractivity contribution in [3.8, 4) is 0 Å². The fourth-order valence-corrected chi connectivity index (χ4v) is 3.40. The lowest BCUT2D eigenvalue weighted by Crippen LogP contribution is -2.19. The average molecular weight is 285 g/mol. The molecule has 1 aromatic heterocycles. The summed E-state index contributed by atoms with van der Waals surface area (Å²) in [6, 6.07) is 25.9. The van der Waals surface area contributed by atoms with E-state index in [9.17, 15) is 0 Å². The van der Waals surface area contributed by atoms with E-state index in [1.807, 2.05) is 0 Å². The van der Waals surface area contributed by atoms with E-state index in [1.54, 1.807) is 0 Å². The molecule has 0 aliphatic carbocycles. The summed E-state index contributed by atoms with van der Waals surface area (Å²) in [7, 11) is 0. The minimum atomic E-state index is -0.0400. The predicted molar refractivity (Wildman–Crippen MR) is 94.4 cm³/mol. The fourth-order valence-electron chi connectivity index (χ4n) is 3.40. The van der Waals surface area contributed by atoms with Gasteiger partial charge in [-0.15, -0.1) is 0 Å². The highest BCUT2D eigenvalue weighted by Crippen LogP contribution is 2.37. The average Bonchev–Trinajstić information content (AvgIpc) is 2.94. The predicted octanol–water partition coefficient (Wildman–Crippen LogP) is 5.65. The van der Waals surface area contributed by atoms with Crippen molar-refractivity contribution < 1.29 is 0 Å². The molecule has 22 heavy (non-hydrogen) atoms. The largest absolute Gasteiger partial charge is 0.354 e. The second-order valence-electron chi connectivity index (χ2n) is 6.39. The molecule has 4 rings (SSSR count). The van der Waals surface area contributed by atoms with E-state index in [4.69, 9.17) is 0 Å². The lowest BCUT2D eigenvalue weighted by Gasteiger charge is -2.26. The molecule has 3 aromatic carbocycles. The van der Waals surface area contributed by atoms with Crippen LogP contribution < -0.4 is 0 Å². The Balaban J connectivity index is 2.03. The normalized spacial score (nSPS) is 12.1. The summed E-state index contributed by atoms with van der Waals surface area (Å²) in [5, 5.41) is 2.60. The first-order valence-electron chi connectivity index (χ1n) is 7.73. The van der Waals surface area contributed by atoms with Crippen LogP contribution in [-0.4, -0.2) is 4.98 Å². The van der Waals surface area contributed by atoms with Crippen LogP contribution in [0, 0.1) is 0 Å². The molecule has 0 unspecified atom stereocenters. The van der Waals surface area contributed by atoms with E-state index < -0.39 is 0 Å². The molecule has 1 nitrogen and oxygen atoms in total. The number of hydrogen-bond donors (Lipinski definition) is 1. The van der Waals surface area contributed by atoms with Crippen LogP contribution in [0.15, 0.2) is 72.8 Å². The Morgan fingerprint density at radius 1 is 0.682 bits per heavy atom. The lowest BCUT2D eigenvalue weighted by molar-refractivity contribution is 0.646. The number of hydrogen-bond acceptors (Lipinski definition) is 0. The Bertz CT molecular complexity index is 945. The van der Waals surface area contributed by atoms with E-state index in [1.165, 1.54) is 32.9 Å². The molecule has 1 N–H and O–H groups in total. The Hall–Kier alpha value is -2.54. The summed E-state index contributed by atoms with van der Waals surface area (Å²) in [6.07, 6.45) is 0. The summed E-state index contributed by atoms with van der Waals surface area (Å²) in [5.41, 5.74) is 5.08. The fraction of sp³-hybridized carbons (Fsp3) is 0.143. The maximum Gasteiger partial charge on any atom is 0.0506 e. The molecule has 1 heteroatoms. The molecule has 4 aromatic rings. The first-order valence-corrected chi connectivity index (χ1v) is 7.73. The third kappa shape index (κ3) is 1.86. The van der Waals surface area contributed by atoms with Crippen LogP contribution in [0.1, 0.15) is 25.0 Å². The summed E-state index contributed by atoms with van der Waals surface area (Å²) >= 11 is 0. The molecule has 0 saturated carbocycles. The summed E-state index contributed by atoms with van der Waals surface area (Å²) in [4.78, 5) is 3.62. The second kappa shape index (κ2) is 4.74. The van der Waals surface area contributed by atoms with Crippen LogP contribution in [0.4, 0.5) is 0 Å². The SMILES string of the molecule is CC(C)(c1ccccc1)c1cccc2c1[nH]c1ccccc12. The maximum atomic E-state index is 3.62. The molecule has 1 heterocycles. The molecule has 0 spiro atoms. The van der Waals surface area contributed by atoms with E-state index >= 15 is 0 Å². The number of aromatic amines is 1. The van der Waals surface area contributed by atoms with E-state index in [0.29, 0.717) is 0 Å². The van der Waals surface area contributed by atoms with Gasteiger partial charge in [0.2, 0.25) is 0 Å². The minimum absolute atomic E-state index is 0.0400. The van der Waals surface area contributed by atoms with Crippen molar-refractivity contribution in [2.24, 2.45) is 0 Å². The lowest BCUT2D eigenvalue weighted by atomic mass is 9.77. The molecule has 0 aliphatic heterocycles. The quantitative estimate of drug-likeness (QED) is 0.490. The van der Waals surface area contributed by atoms with Gasteiger partial charge in [-0.25, -0.2) is 0 Å². The molecule has 0 fully saturated rings. The van der Waals surface area contributed by atoms with Crippen LogP contribution in [0.3, 0.4) is 0 Å². The van der Waals surface area contributed by atoms with Crippen molar-refractivity contribution in [1.29, 1.82) is 0 Å². The van der Waals surface area contributed by atoms with Crippen molar-refractivity contribution in [2.45, 2.75) is 19.3 Å². The minimum Gasteiger partial charge on any atom is -0.354 e. The zero-order valence-electron chi connectivity index (χ0n) is 12.9. The molecule has 0 bridgehead atoms. The number of para-hydroxylation sites is 2. The van der Waals surface area contributed by atoms with Gasteiger partial charge in [0.25, 0.3) is 0 Å². The zero-order valence-corrected chi connectivity index (χ0v) is 12.9. The Morgan fingerprint density at radius 2 is 1.36 bits per heavy atom. The highest BCUT2D eigenvalue weighted by atomic mass is 14.7. The molecule has 0 radical (unpaired) electrons. The molecular formula is C21H19N. The van der Waals surface area contributed by atoms with Crippen molar-refractivity contribution in [2.75, 3.05) is 0 Å². The van der Waals surface area contributed by atoms with Crippen molar-refractivity contribution in [1.82, 2.24) is 4.98 Å². The molecular weight excluding hydrogens is 266 g/mol. The number of aromatic nitrogens is 1. The van der Waals surface area contributed by atoms with E-state index in [2.05, 4.69) is 91.6 Å². The van der Waals surface area contributed by atoms with Gasteiger partial charge in [0.15, 0.2) is 0 Å². The van der Waals surface area contributed by atoms with Crippen LogP contribution >= 0.6 is 0 Å². The maximum absolute atomic E-state index is 3.62. The Morgan fingerprint density at radius 3 is 2.18 bits per heavy atom. The molecule has 0 amide bonds. The number of H-pyrrole nitrogens is 1. The standard InChI is InChI=1S/C21H19N/c1-21(2,15-9-4-3-5-10-15)18-13-8-12-17-16-11-6-7-14-19(16)22-20(17)18/h3-14,22H,1-2H3. The van der Waals surface area contributed by atoms with Gasteiger partial charge in [-0.2, -0.15) is 0 Å². The van der Waals surface area contributed by atoms with Crippen LogP contribution in [0.2, 0.25) is 0 Å². The number of nitrogens with one attached hydrogen (secondary N) is 1. The third-order valence-electron chi connectivity index (χ3n) is 4.71. The molecule has 108 valence electrons. The highest BCUT2D eigenvalue weighted by molar-refractivity contribution is 6.08. The molecule has 0 saturated heterocycles. The van der Waals surface area contributed by atoms with Crippen molar-refractivity contribution in [3.63, 3.8) is 0 Å². The summed E-state index contributed by atoms with van der Waals surface area (Å²) in [6.45, 7) is 4.59. The van der Waals surface area contributed by atoms with Crippen LogP contribution in [0.5, 0.6) is 0 Å². The van der Waals surface area contributed by atoms with Crippen molar-refractivity contribution >= 4 is 21.8 Å². The van der Waals surface area contributed by atoms with Crippen molar-refractivity contribution in [3.05, 3.63) is 83.9 Å². The molecule has 0 aliphatic rings. The second-order valence-corrected chi connectivity index (χ2v) is 6.39. The van der Waals surface area contributed by atoms with E-state index in [0.717, 1.165) is 0 Å². The number of rotatable bonds is 2. The van der Waals surface area contributed by atoms with Gasteiger partial charge in [0, 0.05) is 21.7 Å². The first kappa shape index (κ1) is 13.1. The van der Waals surface area contributed by atoms with Gasteiger partial charge in [-0.05, 0) is 17.2 Å². The van der Waals surface area contributed by atoms with Crippen LogP contribution in [-0.2, 0) is 5.41 Å². The zero-order chi connectivity index (χ0) is 15.2. The highest BCUT2D eigenvalue weighted by Gasteiger charge is 2.25. The van der Waals surface area contributed by atoms with Crippen LogP contribution in [0.25, 0.3) is 21.8 Å². The van der Waals surface area contributed by atoms with Gasteiger partial charge in [0.05, 0.1) is 5.52 Å². The number of fused-ring (bicyclic) bond motifs is 3. The Kier molecular flexibility index (Phi) is 2.83. The monoisotopic (exact) mass is 285 g/mol. The van der Waals surface area contributed by atoms with E-state index in [-0.39, 0.29) is 5.41 Å². The topological polar surface area (TPSA) is 15.8 Å². The summed E-state index contributed by atoms with van der Waals surface area (Å²) in [5.74, 6) is 0. The number of benzene rings is 3. The van der Waals surface area contributed by atoms with Gasteiger partial charge in [-0.3, -0.25) is 0 Å². The smallest absolute Gasteiger partial charge is 0.0506 e. The summed E-state index contributed by atoms with van der Waals surface area (Å²) < 4.78 is 0. The first-order chi connectivity index (χ1) is 10.7. The van der Waals surface area contributed by atoms with Gasteiger partial charge < -0.3 is 4.98 Å². The Labute approximate surface area is 130 Å². The molecule has 0 atom stereocenters. The third-order valence-corrected chi connectivity index (χ3v) is 4.71. The van der Waals surface area contributed by atoms with Gasteiger partial charge in [-0.1, -0.05) is 80.6 Å². The van der Waals surface area contributed by atoms with Gasteiger partial charge in [0.1, 0.15) is 0 Å².